The van der Waals surface area contributed by atoms with Gasteiger partial charge in [0.2, 0.25) is 0 Å². The number of urea groups is 1. The van der Waals surface area contributed by atoms with Crippen molar-refractivity contribution in [3.8, 4) is 11.5 Å². The molecule has 0 spiro atoms. The second-order valence-corrected chi connectivity index (χ2v) is 9.32. The predicted molar refractivity (Wildman–Crippen MR) is 126 cm³/mol. The number of likely N-dealkylation sites (tertiary alicyclic amines) is 1. The number of carbonyl (C=O) groups is 1. The van der Waals surface area contributed by atoms with E-state index in [0.717, 1.165) is 43.7 Å². The molecule has 1 saturated heterocycles. The molecule has 2 fully saturated rings. The molecule has 1 aromatic heterocycles. The molecular formula is C23H28Cl2N4O3. The first kappa shape index (κ1) is 23.0. The number of rotatable bonds is 5. The summed E-state index contributed by atoms with van der Waals surface area (Å²) in [5.41, 5.74) is 1.82. The van der Waals surface area contributed by atoms with Gasteiger partial charge in [-0.15, -0.1) is 0 Å². The molecule has 2 aliphatic rings. The summed E-state index contributed by atoms with van der Waals surface area (Å²) >= 11 is 11.9. The number of nitrogens with one attached hydrogen (secondary N) is 2. The monoisotopic (exact) mass is 478 g/mol. The summed E-state index contributed by atoms with van der Waals surface area (Å²) in [6, 6.07) is 9.52. The number of halogens is 2. The number of aromatic nitrogens is 1. The van der Waals surface area contributed by atoms with Crippen molar-refractivity contribution in [3.05, 3.63) is 46.2 Å². The van der Waals surface area contributed by atoms with Gasteiger partial charge in [0.25, 0.3) is 0 Å². The molecular weight excluding hydrogens is 451 g/mol. The summed E-state index contributed by atoms with van der Waals surface area (Å²) in [6.45, 7) is 1.02. The Bertz CT molecular complexity index is 985. The average Bonchev–Trinajstić information content (AvgIpc) is 3.09. The average molecular weight is 479 g/mol. The van der Waals surface area contributed by atoms with Gasteiger partial charge in [0, 0.05) is 23.2 Å². The van der Waals surface area contributed by atoms with Crippen molar-refractivity contribution in [1.29, 1.82) is 0 Å². The van der Waals surface area contributed by atoms with Crippen molar-refractivity contribution >= 4 is 34.9 Å². The zero-order valence-corrected chi connectivity index (χ0v) is 20.0. The lowest BCUT2D eigenvalue weighted by Gasteiger charge is -2.45. The number of benzene rings is 1. The quantitative estimate of drug-likeness (QED) is 0.607. The molecule has 32 heavy (non-hydrogen) atoms. The molecule has 1 aliphatic carbocycles. The largest absolute Gasteiger partial charge is 0.493 e. The van der Waals surface area contributed by atoms with Crippen molar-refractivity contribution in [2.75, 3.05) is 33.1 Å². The number of anilines is 1. The van der Waals surface area contributed by atoms with Crippen LogP contribution in [0.4, 0.5) is 10.5 Å². The van der Waals surface area contributed by atoms with Gasteiger partial charge < -0.3 is 25.0 Å². The van der Waals surface area contributed by atoms with Gasteiger partial charge in [0.05, 0.1) is 14.2 Å². The van der Waals surface area contributed by atoms with Crippen LogP contribution in [0.3, 0.4) is 0 Å². The minimum Gasteiger partial charge on any atom is -0.493 e. The number of pyridine rings is 1. The van der Waals surface area contributed by atoms with Crippen molar-refractivity contribution in [1.82, 2.24) is 15.2 Å². The van der Waals surface area contributed by atoms with Crippen LogP contribution in [-0.4, -0.2) is 55.8 Å². The summed E-state index contributed by atoms with van der Waals surface area (Å²) in [5, 5.41) is 6.40. The molecule has 0 radical (unpaired) electrons. The van der Waals surface area contributed by atoms with Gasteiger partial charge in [0.1, 0.15) is 10.3 Å². The Morgan fingerprint density at radius 2 is 1.84 bits per heavy atom. The Kier molecular flexibility index (Phi) is 6.70. The fourth-order valence-electron chi connectivity index (χ4n) is 5.28. The third-order valence-electron chi connectivity index (χ3n) is 6.84. The second-order valence-electron chi connectivity index (χ2n) is 8.54. The maximum atomic E-state index is 12.6. The van der Waals surface area contributed by atoms with Gasteiger partial charge in [-0.3, -0.25) is 0 Å². The van der Waals surface area contributed by atoms with E-state index in [1.165, 1.54) is 5.56 Å². The Hall–Kier alpha value is -2.22. The number of hydrogen-bond acceptors (Lipinski definition) is 5. The maximum Gasteiger partial charge on any atom is 0.319 e. The molecule has 0 bridgehead atoms. The molecule has 2 heterocycles. The molecule has 1 aliphatic heterocycles. The van der Waals surface area contributed by atoms with Crippen molar-refractivity contribution < 1.29 is 14.3 Å². The molecule has 2 aromatic rings. The van der Waals surface area contributed by atoms with Crippen LogP contribution >= 0.6 is 23.2 Å². The molecule has 2 amide bonds. The van der Waals surface area contributed by atoms with E-state index in [4.69, 9.17) is 32.7 Å². The second kappa shape index (κ2) is 9.33. The normalized spacial score (nSPS) is 25.2. The number of hydrogen-bond donors (Lipinski definition) is 2. The Balaban J connectivity index is 1.48. The van der Waals surface area contributed by atoms with Crippen LogP contribution in [-0.2, 0) is 5.41 Å². The van der Waals surface area contributed by atoms with E-state index in [1.54, 1.807) is 26.4 Å². The highest BCUT2D eigenvalue weighted by atomic mass is 35.5. The van der Waals surface area contributed by atoms with Crippen molar-refractivity contribution in [2.45, 2.75) is 43.2 Å². The Morgan fingerprint density at radius 1 is 1.12 bits per heavy atom. The number of carbonyl (C=O) groups excluding carboxylic acids is 1. The van der Waals surface area contributed by atoms with Gasteiger partial charge in [0.15, 0.2) is 11.5 Å². The minimum atomic E-state index is -0.271. The molecule has 2 N–H and O–H groups in total. The van der Waals surface area contributed by atoms with E-state index in [-0.39, 0.29) is 27.8 Å². The summed E-state index contributed by atoms with van der Waals surface area (Å²) < 4.78 is 11.0. The zero-order chi connectivity index (χ0) is 22.9. The van der Waals surface area contributed by atoms with Crippen molar-refractivity contribution in [2.24, 2.45) is 0 Å². The van der Waals surface area contributed by atoms with Crippen LogP contribution in [0.2, 0.25) is 10.3 Å². The van der Waals surface area contributed by atoms with Gasteiger partial charge in [-0.1, -0.05) is 29.3 Å². The summed E-state index contributed by atoms with van der Waals surface area (Å²) in [7, 11) is 5.48. The Labute approximate surface area is 198 Å². The number of amides is 2. The molecule has 1 aromatic carbocycles. The van der Waals surface area contributed by atoms with Gasteiger partial charge >= 0.3 is 6.03 Å². The first-order valence-corrected chi connectivity index (χ1v) is 11.4. The number of methoxy groups -OCH3 is 2. The highest BCUT2D eigenvalue weighted by molar-refractivity contribution is 6.32. The zero-order valence-electron chi connectivity index (χ0n) is 18.5. The lowest BCUT2D eigenvalue weighted by atomic mass is 9.65. The van der Waals surface area contributed by atoms with Gasteiger partial charge in [-0.05, 0) is 69.1 Å². The summed E-state index contributed by atoms with van der Waals surface area (Å²) in [6.07, 6.45) is 3.83. The highest BCUT2D eigenvalue weighted by Gasteiger charge is 2.50. The number of fused-ring (bicyclic) bond motifs is 1. The molecule has 7 nitrogen and oxygen atoms in total. The number of likely N-dealkylation sites (N-methyl/N-ethyl adjacent to an activating group) is 1. The number of nitrogens with zero attached hydrogens (tertiary/aromatic N) is 2. The van der Waals surface area contributed by atoms with Crippen LogP contribution in [0.15, 0.2) is 30.3 Å². The molecule has 172 valence electrons. The first-order chi connectivity index (χ1) is 15.3. The predicted octanol–water partition coefficient (Wildman–Crippen LogP) is 4.72. The van der Waals surface area contributed by atoms with E-state index in [1.807, 2.05) is 6.07 Å². The molecule has 0 unspecified atom stereocenters. The summed E-state index contributed by atoms with van der Waals surface area (Å²) in [4.78, 5) is 18.9. The summed E-state index contributed by atoms with van der Waals surface area (Å²) in [5.74, 6) is 1.49. The third kappa shape index (κ3) is 4.47. The van der Waals surface area contributed by atoms with Crippen LogP contribution in [0.5, 0.6) is 11.5 Å². The van der Waals surface area contributed by atoms with Gasteiger partial charge in [-0.2, -0.15) is 0 Å². The van der Waals surface area contributed by atoms with Crippen LogP contribution in [0.1, 0.15) is 31.2 Å². The van der Waals surface area contributed by atoms with E-state index < -0.39 is 0 Å². The SMILES string of the molecule is COc1ccc([C@@]23CC[C@@H](NC(=O)Nc4cc(Cl)nc(Cl)c4)C[C@@H]2N(C)CC3)cc1OC. The van der Waals surface area contributed by atoms with E-state index >= 15 is 0 Å². The van der Waals surface area contributed by atoms with Crippen LogP contribution in [0, 0.1) is 0 Å². The lowest BCUT2D eigenvalue weighted by Crippen LogP contribution is -2.52. The highest BCUT2D eigenvalue weighted by Crippen LogP contribution is 2.49. The van der Waals surface area contributed by atoms with Crippen molar-refractivity contribution in [3.63, 3.8) is 0 Å². The smallest absolute Gasteiger partial charge is 0.319 e. The molecule has 4 rings (SSSR count). The first-order valence-electron chi connectivity index (χ1n) is 10.7. The van der Waals surface area contributed by atoms with E-state index in [9.17, 15) is 4.79 Å². The van der Waals surface area contributed by atoms with Crippen LogP contribution in [0.25, 0.3) is 0 Å². The molecule has 9 heteroatoms. The van der Waals surface area contributed by atoms with Crippen LogP contribution < -0.4 is 20.1 Å². The fraction of sp³-hybridized carbons (Fsp3) is 0.478. The molecule has 3 atom stereocenters. The molecule has 1 saturated carbocycles. The standard InChI is InChI=1S/C23H28Cl2N4O3/c1-29-9-8-23(14-4-5-17(31-2)18(10-14)32-3)7-6-15(11-19(23)29)26-22(30)27-16-12-20(24)28-21(25)13-16/h4-5,10,12-13,15,19H,6-9,11H2,1-3H3,(H2,26,27,28,30)/t15-,19+,23+/m1/s1. The van der Waals surface area contributed by atoms with Gasteiger partial charge in [-0.25, -0.2) is 9.78 Å². The maximum absolute atomic E-state index is 12.6. The minimum absolute atomic E-state index is 0.0368. The number of ether oxygens (including phenoxy) is 2. The topological polar surface area (TPSA) is 75.7 Å². The lowest BCUT2D eigenvalue weighted by molar-refractivity contribution is 0.156. The Morgan fingerprint density at radius 3 is 2.53 bits per heavy atom. The van der Waals surface area contributed by atoms with E-state index in [0.29, 0.717) is 11.7 Å². The fourth-order valence-corrected chi connectivity index (χ4v) is 5.74. The van der Waals surface area contributed by atoms with E-state index in [2.05, 4.69) is 39.7 Å². The third-order valence-corrected chi connectivity index (χ3v) is 7.23.